The van der Waals surface area contributed by atoms with Crippen molar-refractivity contribution >= 4 is 28.4 Å². The van der Waals surface area contributed by atoms with Crippen molar-refractivity contribution < 1.29 is 36.2 Å². The first-order valence-electron chi connectivity index (χ1n) is 12.6. The number of aromatic nitrogens is 3. The van der Waals surface area contributed by atoms with Crippen molar-refractivity contribution in [1.29, 1.82) is 0 Å². The maximum Gasteiger partial charge on any atom is 0.417 e. The Bertz CT molecular complexity index is 1450. The molecule has 2 aromatic heterocycles. The summed E-state index contributed by atoms with van der Waals surface area (Å²) in [6.45, 7) is 3.24. The van der Waals surface area contributed by atoms with Crippen molar-refractivity contribution in [3.63, 3.8) is 0 Å². The van der Waals surface area contributed by atoms with Crippen molar-refractivity contribution in [2.24, 2.45) is 0 Å². The van der Waals surface area contributed by atoms with Gasteiger partial charge in [0.25, 0.3) is 0 Å². The third-order valence-electron chi connectivity index (χ3n) is 7.07. The number of alkyl halides is 4. The summed E-state index contributed by atoms with van der Waals surface area (Å²) in [6, 6.07) is -0.301. The Morgan fingerprint density at radius 1 is 1.15 bits per heavy atom. The van der Waals surface area contributed by atoms with Crippen LogP contribution in [0.25, 0.3) is 22.2 Å². The number of nitrogens with two attached hydrogens (primary N) is 1. The summed E-state index contributed by atoms with van der Waals surface area (Å²) in [5, 5.41) is 15.8. The van der Waals surface area contributed by atoms with Gasteiger partial charge in [-0.1, -0.05) is 0 Å². The molecule has 2 aliphatic heterocycles. The van der Waals surface area contributed by atoms with Crippen LogP contribution in [0, 0.1) is 18.6 Å². The van der Waals surface area contributed by atoms with Gasteiger partial charge in [0.05, 0.1) is 36.5 Å². The summed E-state index contributed by atoms with van der Waals surface area (Å²) >= 11 is 0. The zero-order valence-corrected chi connectivity index (χ0v) is 21.5. The lowest BCUT2D eigenvalue weighted by Crippen LogP contribution is -2.60. The first-order chi connectivity index (χ1) is 18.9. The highest BCUT2D eigenvalue weighted by Gasteiger charge is 2.42. The highest BCUT2D eigenvalue weighted by molar-refractivity contribution is 5.97. The minimum absolute atomic E-state index is 0.0306. The molecule has 5 rings (SSSR count). The molecular formula is C25H27F6N7O2. The number of rotatable bonds is 3. The highest BCUT2D eigenvalue weighted by atomic mass is 19.4. The van der Waals surface area contributed by atoms with Gasteiger partial charge in [-0.3, -0.25) is 0 Å². The van der Waals surface area contributed by atoms with E-state index in [0.717, 1.165) is 6.92 Å². The van der Waals surface area contributed by atoms with Crippen LogP contribution in [0.4, 0.5) is 43.8 Å². The van der Waals surface area contributed by atoms with Crippen molar-refractivity contribution in [2.45, 2.75) is 44.8 Å². The number of aliphatic hydroxyl groups is 1. The maximum absolute atomic E-state index is 16.3. The summed E-state index contributed by atoms with van der Waals surface area (Å²) in [5.41, 5.74) is 0.745. The number of hydrogen-bond donors (Lipinski definition) is 4. The lowest BCUT2D eigenvalue weighted by molar-refractivity contribution is -0.137. The van der Waals surface area contributed by atoms with E-state index in [4.69, 9.17) is 10.5 Å². The first kappa shape index (κ1) is 28.0. The molecule has 3 unspecified atom stereocenters. The molecule has 4 heterocycles. The number of hydrogen-bond acceptors (Lipinski definition) is 9. The minimum atomic E-state index is -5.08. The Kier molecular flexibility index (Phi) is 7.29. The van der Waals surface area contributed by atoms with E-state index in [-0.39, 0.29) is 29.6 Å². The number of anilines is 3. The number of aliphatic hydroxyl groups excluding tert-OH is 1. The lowest BCUT2D eigenvalue weighted by atomic mass is 9.96. The van der Waals surface area contributed by atoms with Gasteiger partial charge in [-0.25, -0.2) is 23.1 Å². The molecule has 0 spiro atoms. The van der Waals surface area contributed by atoms with Crippen LogP contribution < -0.4 is 26.0 Å². The molecule has 1 fully saturated rings. The fourth-order valence-corrected chi connectivity index (χ4v) is 4.91. The van der Waals surface area contributed by atoms with Crippen LogP contribution >= 0.6 is 0 Å². The molecular weight excluding hydrogens is 544 g/mol. The second-order valence-corrected chi connectivity index (χ2v) is 9.81. The predicted molar refractivity (Wildman–Crippen MR) is 136 cm³/mol. The monoisotopic (exact) mass is 571 g/mol. The first-order valence-corrected chi connectivity index (χ1v) is 12.6. The molecule has 0 radical (unpaired) electrons. The van der Waals surface area contributed by atoms with E-state index in [9.17, 15) is 27.1 Å². The van der Waals surface area contributed by atoms with E-state index in [1.54, 1.807) is 6.92 Å². The molecule has 3 aromatic rings. The van der Waals surface area contributed by atoms with E-state index in [0.29, 0.717) is 32.1 Å². The maximum atomic E-state index is 16.3. The molecule has 9 nitrogen and oxygen atoms in total. The molecule has 0 saturated carbocycles. The molecule has 0 bridgehead atoms. The van der Waals surface area contributed by atoms with Crippen molar-refractivity contribution in [3.8, 4) is 17.1 Å². The molecule has 3 atom stereocenters. The van der Waals surface area contributed by atoms with Crippen molar-refractivity contribution in [1.82, 2.24) is 20.3 Å². The van der Waals surface area contributed by atoms with Gasteiger partial charge in [-0.05, 0) is 38.4 Å². The average molecular weight is 572 g/mol. The Balaban J connectivity index is 1.83. The van der Waals surface area contributed by atoms with E-state index >= 15 is 4.39 Å². The van der Waals surface area contributed by atoms with E-state index in [1.807, 2.05) is 0 Å². The number of nitrogen functional groups attached to an aromatic ring is 1. The summed E-state index contributed by atoms with van der Waals surface area (Å²) in [5.74, 6) is -2.86. The smallest absolute Gasteiger partial charge is 0.417 e. The third kappa shape index (κ3) is 4.80. The second-order valence-electron chi connectivity index (χ2n) is 9.81. The van der Waals surface area contributed by atoms with Crippen LogP contribution in [0.1, 0.15) is 24.5 Å². The number of pyridine rings is 1. The molecule has 0 aliphatic carbocycles. The van der Waals surface area contributed by atoms with Gasteiger partial charge in [0.2, 0.25) is 11.8 Å². The third-order valence-corrected chi connectivity index (χ3v) is 7.07. The second kappa shape index (κ2) is 10.4. The Morgan fingerprint density at radius 3 is 2.58 bits per heavy atom. The Labute approximate surface area is 224 Å². The van der Waals surface area contributed by atoms with E-state index in [2.05, 4.69) is 25.6 Å². The average Bonchev–Trinajstić information content (AvgIpc) is 2.91. The van der Waals surface area contributed by atoms with Gasteiger partial charge in [0.1, 0.15) is 34.4 Å². The largest absolute Gasteiger partial charge is 0.474 e. The zero-order valence-electron chi connectivity index (χ0n) is 21.5. The van der Waals surface area contributed by atoms with Crippen LogP contribution in [0.15, 0.2) is 6.07 Å². The summed E-state index contributed by atoms with van der Waals surface area (Å²) in [6.07, 6.45) is -6.47. The Morgan fingerprint density at radius 2 is 1.90 bits per heavy atom. The molecule has 5 N–H and O–H groups in total. The summed E-state index contributed by atoms with van der Waals surface area (Å²) in [7, 11) is 0. The van der Waals surface area contributed by atoms with Gasteiger partial charge in [0.15, 0.2) is 5.82 Å². The van der Waals surface area contributed by atoms with Crippen LogP contribution in [0.3, 0.4) is 0 Å². The zero-order chi connectivity index (χ0) is 28.9. The van der Waals surface area contributed by atoms with Gasteiger partial charge in [0, 0.05) is 18.7 Å². The molecule has 15 heteroatoms. The molecule has 2 aliphatic rings. The van der Waals surface area contributed by atoms with Crippen molar-refractivity contribution in [2.75, 3.05) is 48.7 Å². The van der Waals surface area contributed by atoms with E-state index in [1.165, 1.54) is 4.90 Å². The highest BCUT2D eigenvalue weighted by Crippen LogP contribution is 2.45. The number of benzene rings is 1. The minimum Gasteiger partial charge on any atom is -0.474 e. The number of nitrogens with one attached hydrogen (secondary N) is 2. The number of halogens is 6. The summed E-state index contributed by atoms with van der Waals surface area (Å²) < 4.78 is 93.4. The Hall–Kier alpha value is -3.59. The number of ether oxygens (including phenoxy) is 1. The van der Waals surface area contributed by atoms with E-state index < -0.39 is 76.3 Å². The predicted octanol–water partition coefficient (Wildman–Crippen LogP) is 3.57. The van der Waals surface area contributed by atoms with Crippen LogP contribution in [-0.4, -0.2) is 71.2 Å². The molecule has 1 aromatic carbocycles. The fraction of sp³-hybridized carbons (Fsp3) is 0.480. The van der Waals surface area contributed by atoms with Gasteiger partial charge in [-0.2, -0.15) is 18.2 Å². The van der Waals surface area contributed by atoms with Crippen LogP contribution in [-0.2, 0) is 6.18 Å². The fourth-order valence-electron chi connectivity index (χ4n) is 4.91. The van der Waals surface area contributed by atoms with Crippen LogP contribution in [0.5, 0.6) is 5.88 Å². The lowest BCUT2D eigenvalue weighted by Gasteiger charge is -2.43. The molecule has 0 amide bonds. The SMILES string of the molecule is Cc1c(F)c(N)cc(-c2nc3c4c(nc(N5CC(F)C5CO)nc4c2F)NCCNCCC(C)O3)c1C(F)(F)F. The topological polar surface area (TPSA) is 121 Å². The number of nitrogens with zero attached hydrogens (tertiary/aromatic N) is 4. The summed E-state index contributed by atoms with van der Waals surface area (Å²) in [4.78, 5) is 14.2. The quantitative estimate of drug-likeness (QED) is 0.276. The van der Waals surface area contributed by atoms with Crippen LogP contribution in [0.2, 0.25) is 0 Å². The standard InChI is InChI=1S/C25H27F6N7O2/c1-10-3-4-33-5-6-34-22-16-21(36-24(37-22)38-8-13(26)15(38)9-39)19(28)20(35-23(16)40-10)12-7-14(32)18(27)11(2)17(12)25(29,30)31/h7,10,13,15,33,39H,3-6,8-9,32H2,1-2H3,(H,34,36,37). The molecule has 216 valence electrons. The normalized spacial score (nSPS) is 21.8. The van der Waals surface area contributed by atoms with Crippen molar-refractivity contribution in [3.05, 3.63) is 28.8 Å². The van der Waals surface area contributed by atoms with Gasteiger partial charge < -0.3 is 31.1 Å². The molecule has 1 saturated heterocycles. The van der Waals surface area contributed by atoms with Gasteiger partial charge >= 0.3 is 6.18 Å². The molecule has 40 heavy (non-hydrogen) atoms. The van der Waals surface area contributed by atoms with Gasteiger partial charge in [-0.15, -0.1) is 0 Å².